The highest BCUT2D eigenvalue weighted by molar-refractivity contribution is 6.06. The molecule has 0 saturated carbocycles. The molecule has 2 N–H and O–H groups in total. The number of nitrogens with one attached hydrogen (secondary N) is 2. The number of imide groups is 1. The second kappa shape index (κ2) is 6.64. The van der Waals surface area contributed by atoms with Crippen molar-refractivity contribution >= 4 is 23.5 Å². The number of hydrogen-bond donors (Lipinski definition) is 2. The van der Waals surface area contributed by atoms with Crippen LogP contribution < -0.4 is 15.4 Å². The number of hydrogen-bond acceptors (Lipinski definition) is 5. The highest BCUT2D eigenvalue weighted by Gasteiger charge is 2.43. The van der Waals surface area contributed by atoms with Gasteiger partial charge in [-0.2, -0.15) is 0 Å². The smallest absolute Gasteiger partial charge is 0.325 e. The zero-order valence-electron chi connectivity index (χ0n) is 13.4. The van der Waals surface area contributed by atoms with E-state index < -0.39 is 11.6 Å². The molecule has 0 radical (unpaired) electrons. The first-order chi connectivity index (χ1) is 10.8. The minimum Gasteiger partial charge on any atom is -0.481 e. The molecule has 1 saturated heterocycles. The summed E-state index contributed by atoms with van der Waals surface area (Å²) in [5, 5.41) is 5.29. The maximum Gasteiger partial charge on any atom is 0.325 e. The van der Waals surface area contributed by atoms with E-state index in [2.05, 4.69) is 15.6 Å². The van der Waals surface area contributed by atoms with Gasteiger partial charge >= 0.3 is 6.03 Å². The van der Waals surface area contributed by atoms with E-state index in [-0.39, 0.29) is 24.8 Å². The Morgan fingerprint density at radius 3 is 2.65 bits per heavy atom. The van der Waals surface area contributed by atoms with Crippen LogP contribution >= 0.6 is 0 Å². The van der Waals surface area contributed by atoms with Crippen molar-refractivity contribution in [3.05, 3.63) is 18.3 Å². The molecular formula is C15H20N4O4. The zero-order chi connectivity index (χ0) is 17.0. The third-order valence-corrected chi connectivity index (χ3v) is 3.46. The lowest BCUT2D eigenvalue weighted by Gasteiger charge is -2.15. The van der Waals surface area contributed by atoms with Gasteiger partial charge in [-0.05, 0) is 26.3 Å². The third kappa shape index (κ3) is 3.97. The summed E-state index contributed by atoms with van der Waals surface area (Å²) >= 11 is 0. The second-order valence-electron chi connectivity index (χ2n) is 5.75. The molecule has 8 nitrogen and oxygen atoms in total. The fourth-order valence-corrected chi connectivity index (χ4v) is 2.22. The van der Waals surface area contributed by atoms with Gasteiger partial charge in [-0.25, -0.2) is 9.78 Å². The predicted molar refractivity (Wildman–Crippen MR) is 83.0 cm³/mol. The Hall–Kier alpha value is -2.64. The molecule has 8 heteroatoms. The number of rotatable bonds is 6. The minimum atomic E-state index is -0.881. The molecular weight excluding hydrogens is 300 g/mol. The first-order valence-corrected chi connectivity index (χ1v) is 7.27. The van der Waals surface area contributed by atoms with E-state index >= 15 is 0 Å². The summed E-state index contributed by atoms with van der Waals surface area (Å²) in [7, 11) is 1.51. The number of carbonyl (C=O) groups is 3. The number of ether oxygens (including phenoxy) is 1. The molecule has 0 spiro atoms. The molecule has 4 amide bonds. The molecule has 0 bridgehead atoms. The van der Waals surface area contributed by atoms with Crippen molar-refractivity contribution in [2.45, 2.75) is 32.2 Å². The maximum atomic E-state index is 12.0. The number of carbonyl (C=O) groups excluding carboxylic acids is 3. The third-order valence-electron chi connectivity index (χ3n) is 3.46. The van der Waals surface area contributed by atoms with E-state index in [1.807, 2.05) is 0 Å². The van der Waals surface area contributed by atoms with Gasteiger partial charge in [0, 0.05) is 19.0 Å². The van der Waals surface area contributed by atoms with Crippen LogP contribution in [0.1, 0.15) is 26.7 Å². The largest absolute Gasteiger partial charge is 0.481 e. The summed E-state index contributed by atoms with van der Waals surface area (Å²) in [6, 6.07) is 2.91. The van der Waals surface area contributed by atoms with Gasteiger partial charge in [0.05, 0.1) is 19.0 Å². The summed E-state index contributed by atoms with van der Waals surface area (Å²) in [5.74, 6) is -0.0188. The lowest BCUT2D eigenvalue weighted by atomic mass is 10.1. The molecule has 1 aliphatic rings. The minimum absolute atomic E-state index is 0.198. The average Bonchev–Trinajstić information content (AvgIpc) is 2.69. The molecule has 1 fully saturated rings. The van der Waals surface area contributed by atoms with Crippen molar-refractivity contribution in [2.24, 2.45) is 0 Å². The summed E-state index contributed by atoms with van der Waals surface area (Å²) in [5.41, 5.74) is -0.319. The van der Waals surface area contributed by atoms with E-state index in [4.69, 9.17) is 4.74 Å². The van der Waals surface area contributed by atoms with Crippen LogP contribution in [0.3, 0.4) is 0 Å². The van der Waals surface area contributed by atoms with Gasteiger partial charge in [0.25, 0.3) is 5.91 Å². The van der Waals surface area contributed by atoms with Gasteiger partial charge in [0.2, 0.25) is 11.8 Å². The van der Waals surface area contributed by atoms with Gasteiger partial charge in [0.15, 0.2) is 0 Å². The van der Waals surface area contributed by atoms with Gasteiger partial charge in [-0.15, -0.1) is 0 Å². The number of urea groups is 1. The lowest BCUT2D eigenvalue weighted by Crippen LogP contribution is -2.40. The molecule has 1 aromatic heterocycles. The highest BCUT2D eigenvalue weighted by Crippen LogP contribution is 2.17. The van der Waals surface area contributed by atoms with E-state index in [0.29, 0.717) is 18.0 Å². The topological polar surface area (TPSA) is 101 Å². The van der Waals surface area contributed by atoms with Crippen LogP contribution in [0.5, 0.6) is 5.88 Å². The van der Waals surface area contributed by atoms with Crippen LogP contribution in [-0.2, 0) is 9.59 Å². The molecule has 23 heavy (non-hydrogen) atoms. The molecule has 124 valence electrons. The van der Waals surface area contributed by atoms with E-state index in [0.717, 1.165) is 4.90 Å². The SMILES string of the molecule is COc1ccc(NC(=O)CCCN2C(=O)NC(C)(C)C2=O)cn1. The Morgan fingerprint density at radius 1 is 1.39 bits per heavy atom. The number of methoxy groups -OCH3 is 1. The molecule has 0 aromatic carbocycles. The molecule has 0 unspecified atom stereocenters. The van der Waals surface area contributed by atoms with Crippen LogP contribution in [0.2, 0.25) is 0 Å². The van der Waals surface area contributed by atoms with Crippen LogP contribution in [0.25, 0.3) is 0 Å². The number of pyridine rings is 1. The predicted octanol–water partition coefficient (Wildman–Crippen LogP) is 1.14. The van der Waals surface area contributed by atoms with E-state index in [1.165, 1.54) is 13.3 Å². The fraction of sp³-hybridized carbons (Fsp3) is 0.467. The number of nitrogens with zero attached hydrogens (tertiary/aromatic N) is 2. The lowest BCUT2D eigenvalue weighted by molar-refractivity contribution is -0.130. The standard InChI is InChI=1S/C15H20N4O4/c1-15(2)13(21)19(14(22)18-15)8-4-5-11(20)17-10-6-7-12(23-3)16-9-10/h6-7,9H,4-5,8H2,1-3H3,(H,17,20)(H,18,22). The molecule has 0 aliphatic carbocycles. The van der Waals surface area contributed by atoms with Gasteiger partial charge < -0.3 is 15.4 Å². The average molecular weight is 320 g/mol. The first-order valence-electron chi connectivity index (χ1n) is 7.27. The molecule has 2 heterocycles. The van der Waals surface area contributed by atoms with Gasteiger partial charge in [-0.3, -0.25) is 14.5 Å². The molecule has 2 rings (SSSR count). The Bertz CT molecular complexity index is 612. The number of aromatic nitrogens is 1. The van der Waals surface area contributed by atoms with Crippen molar-refractivity contribution in [1.82, 2.24) is 15.2 Å². The number of amides is 4. The van der Waals surface area contributed by atoms with Crippen LogP contribution in [-0.4, -0.2) is 46.9 Å². The van der Waals surface area contributed by atoms with E-state index in [1.54, 1.807) is 26.0 Å². The van der Waals surface area contributed by atoms with Gasteiger partial charge in [-0.1, -0.05) is 0 Å². The summed E-state index contributed by atoms with van der Waals surface area (Å²) in [4.78, 5) is 40.7. The van der Waals surface area contributed by atoms with Gasteiger partial charge in [0.1, 0.15) is 5.54 Å². The fourth-order valence-electron chi connectivity index (χ4n) is 2.22. The number of anilines is 1. The first kappa shape index (κ1) is 16.7. The Labute approximate surface area is 134 Å². The van der Waals surface area contributed by atoms with Crippen LogP contribution in [0.15, 0.2) is 18.3 Å². The zero-order valence-corrected chi connectivity index (χ0v) is 13.4. The maximum absolute atomic E-state index is 12.0. The van der Waals surface area contributed by atoms with Crippen molar-refractivity contribution in [3.63, 3.8) is 0 Å². The Morgan fingerprint density at radius 2 is 2.13 bits per heavy atom. The van der Waals surface area contributed by atoms with E-state index in [9.17, 15) is 14.4 Å². The second-order valence-corrected chi connectivity index (χ2v) is 5.75. The van der Waals surface area contributed by atoms with Crippen molar-refractivity contribution in [1.29, 1.82) is 0 Å². The van der Waals surface area contributed by atoms with Crippen LogP contribution in [0, 0.1) is 0 Å². The normalized spacial score (nSPS) is 16.2. The summed E-state index contributed by atoms with van der Waals surface area (Å²) < 4.78 is 4.93. The molecule has 0 atom stereocenters. The Kier molecular flexibility index (Phi) is 4.83. The summed E-state index contributed by atoms with van der Waals surface area (Å²) in [6.07, 6.45) is 2.09. The van der Waals surface area contributed by atoms with Crippen LogP contribution in [0.4, 0.5) is 10.5 Å². The molecule has 1 aliphatic heterocycles. The van der Waals surface area contributed by atoms with Crippen molar-refractivity contribution < 1.29 is 19.1 Å². The quantitative estimate of drug-likeness (QED) is 0.766. The molecule has 1 aromatic rings. The summed E-state index contributed by atoms with van der Waals surface area (Å²) in [6.45, 7) is 3.51. The monoisotopic (exact) mass is 320 g/mol. The highest BCUT2D eigenvalue weighted by atomic mass is 16.5. The van der Waals surface area contributed by atoms with Crippen molar-refractivity contribution in [2.75, 3.05) is 19.0 Å². The Balaban J connectivity index is 1.78. The van der Waals surface area contributed by atoms with Crippen molar-refractivity contribution in [3.8, 4) is 5.88 Å².